The molecule has 2 rings (SSSR count). The number of hydrogen-bond acceptors (Lipinski definition) is 3. The van der Waals surface area contributed by atoms with E-state index in [1.165, 1.54) is 70.6 Å². The molecule has 2 aliphatic rings. The van der Waals surface area contributed by atoms with Crippen LogP contribution in [0.2, 0.25) is 0 Å². The van der Waals surface area contributed by atoms with Gasteiger partial charge in [-0.05, 0) is 50.4 Å². The third-order valence-corrected chi connectivity index (χ3v) is 7.22. The summed E-state index contributed by atoms with van der Waals surface area (Å²) in [5.74, 6) is 1.61. The molecule has 0 bridgehead atoms. The first-order valence-electron chi connectivity index (χ1n) is 11.4. The van der Waals surface area contributed by atoms with Gasteiger partial charge in [-0.2, -0.15) is 0 Å². The number of hydrogen-bond donors (Lipinski definition) is 0. The van der Waals surface area contributed by atoms with Crippen molar-refractivity contribution in [1.29, 1.82) is 0 Å². The number of rotatable bonds is 14. The van der Waals surface area contributed by atoms with E-state index in [2.05, 4.69) is 20.8 Å². The van der Waals surface area contributed by atoms with Crippen molar-refractivity contribution in [3.63, 3.8) is 0 Å². The van der Waals surface area contributed by atoms with E-state index < -0.39 is 5.79 Å². The lowest BCUT2D eigenvalue weighted by molar-refractivity contribution is -0.246. The zero-order valence-electron chi connectivity index (χ0n) is 18.1. The van der Waals surface area contributed by atoms with Gasteiger partial charge in [-0.25, -0.2) is 0 Å². The Balaban J connectivity index is 1.88. The third kappa shape index (κ3) is 5.94. The van der Waals surface area contributed by atoms with Gasteiger partial charge in [-0.15, -0.1) is 0 Å². The Hall–Kier alpha value is -0.120. The zero-order chi connectivity index (χ0) is 19.0. The molecule has 0 radical (unpaired) electrons. The molecule has 26 heavy (non-hydrogen) atoms. The number of ether oxygens (including phenoxy) is 3. The fourth-order valence-corrected chi connectivity index (χ4v) is 5.28. The van der Waals surface area contributed by atoms with Crippen LogP contribution in [0.5, 0.6) is 0 Å². The first-order chi connectivity index (χ1) is 12.6. The predicted molar refractivity (Wildman–Crippen MR) is 108 cm³/mol. The van der Waals surface area contributed by atoms with E-state index in [4.69, 9.17) is 14.2 Å². The van der Waals surface area contributed by atoms with Crippen LogP contribution in [0.1, 0.15) is 97.8 Å². The predicted octanol–water partition coefficient (Wildman–Crippen LogP) is 6.35. The second-order valence-electron chi connectivity index (χ2n) is 8.83. The summed E-state index contributed by atoms with van der Waals surface area (Å²) in [5.41, 5.74) is 0. The number of unbranched alkanes of at least 4 members (excludes halogenated alkanes) is 5. The Morgan fingerprint density at radius 1 is 0.962 bits per heavy atom. The van der Waals surface area contributed by atoms with E-state index in [1.807, 2.05) is 14.2 Å². The van der Waals surface area contributed by atoms with Crippen LogP contribution in [-0.2, 0) is 14.2 Å². The van der Waals surface area contributed by atoms with Crippen LogP contribution >= 0.6 is 0 Å². The van der Waals surface area contributed by atoms with Gasteiger partial charge in [0.2, 0.25) is 0 Å². The first-order valence-corrected chi connectivity index (χ1v) is 11.4. The second kappa shape index (κ2) is 11.0. The minimum absolute atomic E-state index is 0.412. The fourth-order valence-electron chi connectivity index (χ4n) is 5.28. The molecule has 0 aromatic heterocycles. The van der Waals surface area contributed by atoms with E-state index >= 15 is 0 Å². The van der Waals surface area contributed by atoms with Gasteiger partial charge in [-0.1, -0.05) is 59.3 Å². The molecule has 1 heterocycles. The van der Waals surface area contributed by atoms with Gasteiger partial charge >= 0.3 is 0 Å². The van der Waals surface area contributed by atoms with Gasteiger partial charge in [0.25, 0.3) is 0 Å². The average molecular weight is 369 g/mol. The van der Waals surface area contributed by atoms with E-state index in [-0.39, 0.29) is 0 Å². The highest BCUT2D eigenvalue weighted by Gasteiger charge is 2.46. The van der Waals surface area contributed by atoms with Crippen molar-refractivity contribution in [2.45, 2.75) is 116 Å². The molecule has 5 atom stereocenters. The summed E-state index contributed by atoms with van der Waals surface area (Å²) in [6.07, 6.45) is 16.5. The van der Waals surface area contributed by atoms with E-state index in [9.17, 15) is 0 Å². The smallest absolute Gasteiger partial charge is 0.170 e. The molecule has 0 aromatic rings. The molecule has 0 amide bonds. The molecule has 154 valence electrons. The molecule has 1 aliphatic heterocycles. The van der Waals surface area contributed by atoms with Gasteiger partial charge in [0.05, 0.1) is 12.2 Å². The number of fused-ring (bicyclic) bond motifs is 1. The number of methoxy groups -OCH3 is 2. The lowest BCUT2D eigenvalue weighted by atomic mass is 9.74. The molecule has 0 spiro atoms. The molecule has 1 saturated heterocycles. The SMILES string of the molecule is CCCCCCCCC(CC(C)C1CCC2OC2C1)C(CC)(OC)OC. The van der Waals surface area contributed by atoms with Gasteiger partial charge in [0, 0.05) is 20.1 Å². The van der Waals surface area contributed by atoms with Gasteiger partial charge < -0.3 is 14.2 Å². The minimum Gasteiger partial charge on any atom is -0.370 e. The average Bonchev–Trinajstić information content (AvgIpc) is 3.44. The molecule has 2 fully saturated rings. The summed E-state index contributed by atoms with van der Waals surface area (Å²) in [4.78, 5) is 0. The topological polar surface area (TPSA) is 31.0 Å². The van der Waals surface area contributed by atoms with Crippen LogP contribution in [-0.4, -0.2) is 32.2 Å². The van der Waals surface area contributed by atoms with Gasteiger partial charge in [-0.3, -0.25) is 0 Å². The Bertz CT molecular complexity index is 371. The Labute approximate surface area is 162 Å². The van der Waals surface area contributed by atoms with E-state index in [0.717, 1.165) is 18.3 Å². The molecule has 3 heteroatoms. The number of epoxide rings is 1. The van der Waals surface area contributed by atoms with E-state index in [0.29, 0.717) is 18.1 Å². The van der Waals surface area contributed by atoms with Crippen molar-refractivity contribution >= 4 is 0 Å². The van der Waals surface area contributed by atoms with Crippen LogP contribution in [0, 0.1) is 17.8 Å². The molecule has 1 saturated carbocycles. The first kappa shape index (κ1) is 22.2. The highest BCUT2D eigenvalue weighted by Crippen LogP contribution is 2.45. The van der Waals surface area contributed by atoms with Crippen molar-refractivity contribution in [1.82, 2.24) is 0 Å². The second-order valence-corrected chi connectivity index (χ2v) is 8.83. The fraction of sp³-hybridized carbons (Fsp3) is 1.00. The lowest BCUT2D eigenvalue weighted by Gasteiger charge is -2.40. The maximum Gasteiger partial charge on any atom is 0.170 e. The molecule has 5 unspecified atom stereocenters. The molecular formula is C23H44O3. The van der Waals surface area contributed by atoms with Crippen LogP contribution in [0.3, 0.4) is 0 Å². The molecule has 3 nitrogen and oxygen atoms in total. The summed E-state index contributed by atoms with van der Waals surface area (Å²) in [7, 11) is 3.66. The highest BCUT2D eigenvalue weighted by molar-refractivity contribution is 4.94. The van der Waals surface area contributed by atoms with Crippen LogP contribution in [0.15, 0.2) is 0 Å². The van der Waals surface area contributed by atoms with Crippen LogP contribution in [0.4, 0.5) is 0 Å². The van der Waals surface area contributed by atoms with Crippen molar-refractivity contribution in [3.8, 4) is 0 Å². The highest BCUT2D eigenvalue weighted by atomic mass is 16.7. The van der Waals surface area contributed by atoms with Crippen LogP contribution in [0.25, 0.3) is 0 Å². The summed E-state index contributed by atoms with van der Waals surface area (Å²) in [6.45, 7) is 6.94. The quantitative estimate of drug-likeness (QED) is 0.203. The standard InChI is InChI=1S/C23H44O3/c1-6-8-9-10-11-12-13-20(23(7-2,24-4)25-5)16-18(3)19-14-15-21-22(17-19)26-21/h18-22H,6-17H2,1-5H3. The van der Waals surface area contributed by atoms with Crippen LogP contribution < -0.4 is 0 Å². The van der Waals surface area contributed by atoms with Crippen molar-refractivity contribution < 1.29 is 14.2 Å². The zero-order valence-corrected chi connectivity index (χ0v) is 18.1. The van der Waals surface area contributed by atoms with Gasteiger partial charge in [0.15, 0.2) is 5.79 Å². The van der Waals surface area contributed by atoms with Crippen molar-refractivity contribution in [2.24, 2.45) is 17.8 Å². The van der Waals surface area contributed by atoms with Gasteiger partial charge in [0.1, 0.15) is 0 Å². The Kier molecular flexibility index (Phi) is 9.40. The summed E-state index contributed by atoms with van der Waals surface area (Å²) < 4.78 is 17.7. The normalized spacial score (nSPS) is 27.8. The van der Waals surface area contributed by atoms with Crippen molar-refractivity contribution in [3.05, 3.63) is 0 Å². The Morgan fingerprint density at radius 2 is 1.65 bits per heavy atom. The monoisotopic (exact) mass is 368 g/mol. The maximum absolute atomic E-state index is 5.96. The lowest BCUT2D eigenvalue weighted by Crippen LogP contribution is -2.43. The summed E-state index contributed by atoms with van der Waals surface area (Å²) in [5, 5.41) is 0. The molecule has 0 aromatic carbocycles. The largest absolute Gasteiger partial charge is 0.370 e. The Morgan fingerprint density at radius 3 is 2.27 bits per heavy atom. The third-order valence-electron chi connectivity index (χ3n) is 7.22. The summed E-state index contributed by atoms with van der Waals surface area (Å²) >= 11 is 0. The summed E-state index contributed by atoms with van der Waals surface area (Å²) in [6, 6.07) is 0. The molecular weight excluding hydrogens is 324 g/mol. The molecule has 1 aliphatic carbocycles. The van der Waals surface area contributed by atoms with Crippen molar-refractivity contribution in [2.75, 3.05) is 14.2 Å². The maximum atomic E-state index is 5.96. The minimum atomic E-state index is -0.412. The molecule has 0 N–H and O–H groups in total. The van der Waals surface area contributed by atoms with E-state index in [1.54, 1.807) is 0 Å².